The van der Waals surface area contributed by atoms with Gasteiger partial charge in [0, 0.05) is 17.8 Å². The third-order valence-electron chi connectivity index (χ3n) is 2.52. The number of rotatable bonds is 6. The van der Waals surface area contributed by atoms with Crippen LogP contribution >= 0.6 is 11.3 Å². The molecular weight excluding hydrogens is 234 g/mol. The molecule has 2 rings (SSSR count). The molecule has 2 aromatic rings. The van der Waals surface area contributed by atoms with E-state index in [1.54, 1.807) is 17.7 Å². The lowest BCUT2D eigenvalue weighted by molar-refractivity contribution is 0.642. The first-order chi connectivity index (χ1) is 8.25. The molecule has 0 atom stereocenters. The summed E-state index contributed by atoms with van der Waals surface area (Å²) in [4.78, 5) is 9.83. The van der Waals surface area contributed by atoms with Gasteiger partial charge in [0.15, 0.2) is 0 Å². The average Bonchev–Trinajstić information content (AvgIpc) is 2.89. The van der Waals surface area contributed by atoms with Gasteiger partial charge in [-0.1, -0.05) is 0 Å². The van der Waals surface area contributed by atoms with Crippen LogP contribution in [-0.4, -0.2) is 26.7 Å². The second-order valence-electron chi connectivity index (χ2n) is 3.95. The number of nitrogens with zero attached hydrogens (tertiary/aromatic N) is 3. The fraction of sp³-hybridized carbons (Fsp3) is 0.545. The van der Waals surface area contributed by atoms with Gasteiger partial charge in [-0.25, -0.2) is 9.97 Å². The minimum absolute atomic E-state index is 0.910. The van der Waals surface area contributed by atoms with Gasteiger partial charge in [-0.05, 0) is 26.8 Å². The summed E-state index contributed by atoms with van der Waals surface area (Å²) < 4.78 is 0. The zero-order valence-electron chi connectivity index (χ0n) is 10.2. The van der Waals surface area contributed by atoms with Crippen molar-refractivity contribution in [2.75, 3.05) is 6.54 Å². The normalized spacial score (nSPS) is 10.9. The molecule has 0 radical (unpaired) electrons. The van der Waals surface area contributed by atoms with Crippen molar-refractivity contribution in [2.45, 2.75) is 33.2 Å². The minimum Gasteiger partial charge on any atom is -0.312 e. The topological polar surface area (TPSA) is 66.5 Å². The summed E-state index contributed by atoms with van der Waals surface area (Å²) in [5.74, 6) is 0.955. The van der Waals surface area contributed by atoms with E-state index < -0.39 is 0 Å². The lowest BCUT2D eigenvalue weighted by atomic mass is 10.3. The molecule has 92 valence electrons. The predicted octanol–water partition coefficient (Wildman–Crippen LogP) is 1.60. The van der Waals surface area contributed by atoms with Crippen LogP contribution < -0.4 is 5.32 Å². The molecule has 5 nitrogen and oxygen atoms in total. The number of thiazole rings is 1. The quantitative estimate of drug-likeness (QED) is 0.765. The zero-order chi connectivity index (χ0) is 12.1. The van der Waals surface area contributed by atoms with Crippen LogP contribution in [0.25, 0.3) is 0 Å². The maximum Gasteiger partial charge on any atom is 0.137 e. The highest BCUT2D eigenvalue weighted by Crippen LogP contribution is 2.16. The number of aromatic nitrogens is 4. The number of aromatic amines is 1. The van der Waals surface area contributed by atoms with Crippen molar-refractivity contribution in [3.63, 3.8) is 0 Å². The Labute approximate surface area is 105 Å². The van der Waals surface area contributed by atoms with E-state index in [4.69, 9.17) is 0 Å². The number of aryl methyl sites for hydroxylation is 3. The van der Waals surface area contributed by atoms with Crippen molar-refractivity contribution < 1.29 is 0 Å². The Morgan fingerprint density at radius 2 is 2.29 bits per heavy atom. The fourth-order valence-corrected chi connectivity index (χ4v) is 2.58. The summed E-state index contributed by atoms with van der Waals surface area (Å²) in [6.07, 6.45) is 3.55. The Morgan fingerprint density at radius 3 is 2.94 bits per heavy atom. The van der Waals surface area contributed by atoms with Gasteiger partial charge in [0.25, 0.3) is 0 Å². The summed E-state index contributed by atoms with van der Waals surface area (Å²) in [5, 5.41) is 11.2. The van der Waals surface area contributed by atoms with Crippen LogP contribution in [0.2, 0.25) is 0 Å². The lowest BCUT2D eigenvalue weighted by Gasteiger charge is -2.02. The molecule has 0 aliphatic rings. The summed E-state index contributed by atoms with van der Waals surface area (Å²) in [6, 6.07) is 0. The molecule has 0 aliphatic carbocycles. The van der Waals surface area contributed by atoms with E-state index in [2.05, 4.69) is 32.4 Å². The van der Waals surface area contributed by atoms with Crippen LogP contribution in [0.1, 0.15) is 27.8 Å². The molecule has 0 aromatic carbocycles. The molecule has 0 aliphatic heterocycles. The van der Waals surface area contributed by atoms with Crippen LogP contribution in [0.5, 0.6) is 0 Å². The summed E-state index contributed by atoms with van der Waals surface area (Å²) in [6.45, 7) is 6.00. The third kappa shape index (κ3) is 3.61. The Morgan fingerprint density at radius 1 is 1.41 bits per heavy atom. The van der Waals surface area contributed by atoms with Crippen LogP contribution in [0.4, 0.5) is 0 Å². The summed E-state index contributed by atoms with van der Waals surface area (Å²) in [5.41, 5.74) is 1.15. The highest BCUT2D eigenvalue weighted by atomic mass is 32.1. The second kappa shape index (κ2) is 5.88. The molecule has 2 aromatic heterocycles. The van der Waals surface area contributed by atoms with Crippen molar-refractivity contribution in [3.05, 3.63) is 27.7 Å². The van der Waals surface area contributed by atoms with E-state index >= 15 is 0 Å². The second-order valence-corrected chi connectivity index (χ2v) is 5.24. The van der Waals surface area contributed by atoms with Crippen molar-refractivity contribution in [1.29, 1.82) is 0 Å². The number of H-pyrrole nitrogens is 1. The van der Waals surface area contributed by atoms with Gasteiger partial charge in [0.1, 0.15) is 12.2 Å². The molecule has 0 amide bonds. The molecule has 0 bridgehead atoms. The first-order valence-corrected chi connectivity index (χ1v) is 6.55. The first kappa shape index (κ1) is 12.2. The number of hydrogen-bond acceptors (Lipinski definition) is 5. The van der Waals surface area contributed by atoms with Gasteiger partial charge in [-0.2, -0.15) is 5.10 Å². The Hall–Kier alpha value is -1.27. The van der Waals surface area contributed by atoms with Crippen LogP contribution in [0, 0.1) is 13.8 Å². The molecule has 0 spiro atoms. The molecule has 0 fully saturated rings. The number of nitrogens with one attached hydrogen (secondary N) is 2. The van der Waals surface area contributed by atoms with E-state index in [9.17, 15) is 0 Å². The van der Waals surface area contributed by atoms with Crippen molar-refractivity contribution in [3.8, 4) is 0 Å². The van der Waals surface area contributed by atoms with Crippen molar-refractivity contribution in [2.24, 2.45) is 0 Å². The molecule has 0 saturated heterocycles. The maximum atomic E-state index is 4.41. The molecular formula is C11H17N5S. The first-order valence-electron chi connectivity index (χ1n) is 5.73. The largest absolute Gasteiger partial charge is 0.312 e. The van der Waals surface area contributed by atoms with E-state index in [0.29, 0.717) is 0 Å². The van der Waals surface area contributed by atoms with E-state index in [0.717, 1.165) is 42.5 Å². The third-order valence-corrected chi connectivity index (χ3v) is 3.59. The van der Waals surface area contributed by atoms with Crippen LogP contribution in [0.3, 0.4) is 0 Å². The number of hydrogen-bond donors (Lipinski definition) is 2. The lowest BCUT2D eigenvalue weighted by Crippen LogP contribution is -2.15. The maximum absolute atomic E-state index is 4.41. The van der Waals surface area contributed by atoms with Crippen molar-refractivity contribution >= 4 is 11.3 Å². The monoisotopic (exact) mass is 251 g/mol. The SMILES string of the molecule is Cc1nc(C)c(CNCCCc2ncn[nH]2)s1. The molecule has 0 unspecified atom stereocenters. The average molecular weight is 251 g/mol. The zero-order valence-corrected chi connectivity index (χ0v) is 11.0. The van der Waals surface area contributed by atoms with E-state index in [1.165, 1.54) is 4.88 Å². The Bertz CT molecular complexity index is 448. The molecule has 17 heavy (non-hydrogen) atoms. The smallest absolute Gasteiger partial charge is 0.137 e. The van der Waals surface area contributed by atoms with Gasteiger partial charge in [-0.3, -0.25) is 5.10 Å². The summed E-state index contributed by atoms with van der Waals surface area (Å²) in [7, 11) is 0. The van der Waals surface area contributed by atoms with Gasteiger partial charge < -0.3 is 5.32 Å². The molecule has 2 heterocycles. The van der Waals surface area contributed by atoms with Gasteiger partial charge in [0.05, 0.1) is 10.7 Å². The van der Waals surface area contributed by atoms with Crippen molar-refractivity contribution in [1.82, 2.24) is 25.5 Å². The van der Waals surface area contributed by atoms with Gasteiger partial charge in [0.2, 0.25) is 0 Å². The predicted molar refractivity (Wildman–Crippen MR) is 68.0 cm³/mol. The molecule has 0 saturated carbocycles. The van der Waals surface area contributed by atoms with Crippen LogP contribution in [-0.2, 0) is 13.0 Å². The minimum atomic E-state index is 0.910. The Kier molecular flexibility index (Phi) is 4.22. The molecule has 6 heteroatoms. The highest BCUT2D eigenvalue weighted by Gasteiger charge is 2.03. The van der Waals surface area contributed by atoms with Gasteiger partial charge >= 0.3 is 0 Å². The van der Waals surface area contributed by atoms with E-state index in [1.807, 2.05) is 6.92 Å². The summed E-state index contributed by atoms with van der Waals surface area (Å²) >= 11 is 1.77. The van der Waals surface area contributed by atoms with E-state index in [-0.39, 0.29) is 0 Å². The highest BCUT2D eigenvalue weighted by molar-refractivity contribution is 7.11. The fourth-order valence-electron chi connectivity index (χ4n) is 1.67. The molecule has 2 N–H and O–H groups in total. The Balaban J connectivity index is 1.65. The van der Waals surface area contributed by atoms with Gasteiger partial charge in [-0.15, -0.1) is 11.3 Å². The standard InChI is InChI=1S/C11H17N5S/c1-8-10(17-9(2)15-8)6-12-5-3-4-11-13-7-14-16-11/h7,12H,3-6H2,1-2H3,(H,13,14,16). The van der Waals surface area contributed by atoms with Crippen LogP contribution in [0.15, 0.2) is 6.33 Å².